The summed E-state index contributed by atoms with van der Waals surface area (Å²) in [7, 11) is 0. The van der Waals surface area contributed by atoms with Gasteiger partial charge in [0.1, 0.15) is 5.04 Å². The van der Waals surface area contributed by atoms with E-state index >= 15 is 0 Å². The summed E-state index contributed by atoms with van der Waals surface area (Å²) in [4.78, 5) is 10.3. The van der Waals surface area contributed by atoms with Crippen LogP contribution in [0.5, 0.6) is 0 Å². The van der Waals surface area contributed by atoms with Gasteiger partial charge in [-0.15, -0.1) is 0 Å². The average molecular weight is 211 g/mol. The largest absolute Gasteiger partial charge is 0.481 e. The van der Waals surface area contributed by atoms with Crippen molar-refractivity contribution in [1.29, 1.82) is 0 Å². The van der Waals surface area contributed by atoms with Gasteiger partial charge >= 0.3 is 5.97 Å². The second-order valence-corrected chi connectivity index (χ2v) is 3.42. The zero-order chi connectivity index (χ0) is 10.4. The van der Waals surface area contributed by atoms with Gasteiger partial charge in [0, 0.05) is 5.56 Å². The number of oxime groups is 1. The van der Waals surface area contributed by atoms with Gasteiger partial charge in [0.2, 0.25) is 0 Å². The number of benzene rings is 1. The van der Waals surface area contributed by atoms with E-state index in [1.807, 2.05) is 6.07 Å². The van der Waals surface area contributed by atoms with Crippen molar-refractivity contribution in [3.63, 3.8) is 0 Å². The maximum atomic E-state index is 10.3. The first-order chi connectivity index (χ1) is 6.74. The van der Waals surface area contributed by atoms with Crippen molar-refractivity contribution >= 4 is 22.8 Å². The van der Waals surface area contributed by atoms with Crippen LogP contribution in [0, 0.1) is 0 Å². The fraction of sp³-hybridized carbons (Fsp3) is 0.111. The van der Waals surface area contributed by atoms with Crippen LogP contribution in [0.2, 0.25) is 0 Å². The van der Waals surface area contributed by atoms with E-state index in [0.717, 1.165) is 11.8 Å². The van der Waals surface area contributed by atoms with Crippen LogP contribution in [0.3, 0.4) is 0 Å². The minimum Gasteiger partial charge on any atom is -0.481 e. The molecule has 0 amide bonds. The Balaban J connectivity index is 2.69. The molecule has 2 N–H and O–H groups in total. The van der Waals surface area contributed by atoms with E-state index in [0.29, 0.717) is 10.6 Å². The van der Waals surface area contributed by atoms with Crippen molar-refractivity contribution in [1.82, 2.24) is 0 Å². The first-order valence-electron chi connectivity index (χ1n) is 3.86. The molecule has 14 heavy (non-hydrogen) atoms. The summed E-state index contributed by atoms with van der Waals surface area (Å²) >= 11 is 0.983. The number of aliphatic carboxylic acids is 1. The molecule has 0 aliphatic carbocycles. The van der Waals surface area contributed by atoms with E-state index in [2.05, 4.69) is 5.16 Å². The maximum absolute atomic E-state index is 10.3. The zero-order valence-corrected chi connectivity index (χ0v) is 8.07. The molecule has 5 heteroatoms. The van der Waals surface area contributed by atoms with E-state index in [4.69, 9.17) is 10.3 Å². The van der Waals surface area contributed by atoms with E-state index in [1.54, 1.807) is 24.3 Å². The smallest absolute Gasteiger partial charge is 0.313 e. The van der Waals surface area contributed by atoms with E-state index < -0.39 is 5.97 Å². The quantitative estimate of drug-likeness (QED) is 0.345. The Hall–Kier alpha value is -1.49. The summed E-state index contributed by atoms with van der Waals surface area (Å²) < 4.78 is 0. The van der Waals surface area contributed by atoms with Crippen molar-refractivity contribution in [3.05, 3.63) is 35.9 Å². The fourth-order valence-corrected chi connectivity index (χ4v) is 1.50. The molecule has 0 unspecified atom stereocenters. The lowest BCUT2D eigenvalue weighted by molar-refractivity contribution is -0.133. The molecule has 0 saturated carbocycles. The predicted octanol–water partition coefficient (Wildman–Crippen LogP) is 1.64. The summed E-state index contributed by atoms with van der Waals surface area (Å²) in [6, 6.07) is 8.93. The van der Waals surface area contributed by atoms with Crippen molar-refractivity contribution in [2.75, 3.05) is 5.75 Å². The average Bonchev–Trinajstić information content (AvgIpc) is 2.20. The van der Waals surface area contributed by atoms with E-state index in [9.17, 15) is 4.79 Å². The molecule has 0 aliphatic heterocycles. The van der Waals surface area contributed by atoms with Gasteiger partial charge in [0.25, 0.3) is 0 Å². The Morgan fingerprint density at radius 2 is 2.00 bits per heavy atom. The normalized spacial score (nSPS) is 11.3. The number of hydrogen-bond donors (Lipinski definition) is 2. The summed E-state index contributed by atoms with van der Waals surface area (Å²) in [5.41, 5.74) is 0.709. The van der Waals surface area contributed by atoms with Crippen molar-refractivity contribution < 1.29 is 15.1 Å². The van der Waals surface area contributed by atoms with Crippen LogP contribution in [0.25, 0.3) is 0 Å². The Labute approximate surface area is 85.2 Å². The lowest BCUT2D eigenvalue weighted by Gasteiger charge is -2.01. The number of carboxylic acids is 1. The molecule has 4 nitrogen and oxygen atoms in total. The molecule has 0 heterocycles. The topological polar surface area (TPSA) is 69.9 Å². The van der Waals surface area contributed by atoms with Gasteiger partial charge in [-0.2, -0.15) is 0 Å². The Morgan fingerprint density at radius 1 is 1.36 bits per heavy atom. The van der Waals surface area contributed by atoms with Gasteiger partial charge in [-0.25, -0.2) is 0 Å². The first kappa shape index (κ1) is 10.6. The molecule has 0 fully saturated rings. The number of carbonyl (C=O) groups is 1. The fourth-order valence-electron chi connectivity index (χ4n) is 0.881. The summed E-state index contributed by atoms with van der Waals surface area (Å²) in [6.45, 7) is 0. The molecule has 0 aromatic heterocycles. The van der Waals surface area contributed by atoms with Gasteiger partial charge in [-0.05, 0) is 0 Å². The van der Waals surface area contributed by atoms with Crippen molar-refractivity contribution in [3.8, 4) is 0 Å². The van der Waals surface area contributed by atoms with Crippen LogP contribution in [-0.2, 0) is 4.79 Å². The highest BCUT2D eigenvalue weighted by atomic mass is 32.2. The zero-order valence-electron chi connectivity index (χ0n) is 7.25. The van der Waals surface area contributed by atoms with Gasteiger partial charge in [-0.1, -0.05) is 47.2 Å². The summed E-state index contributed by atoms with van der Waals surface area (Å²) in [6.07, 6.45) is 0. The molecular weight excluding hydrogens is 202 g/mol. The minimum atomic E-state index is -0.938. The van der Waals surface area contributed by atoms with Gasteiger partial charge in [-0.3, -0.25) is 4.79 Å². The van der Waals surface area contributed by atoms with E-state index in [1.165, 1.54) is 0 Å². The third kappa shape index (κ3) is 3.10. The SMILES string of the molecule is O=C(O)CSC(=NO)c1ccccc1. The van der Waals surface area contributed by atoms with Crippen LogP contribution in [0.4, 0.5) is 0 Å². The van der Waals surface area contributed by atoms with Gasteiger partial charge in [0.05, 0.1) is 5.75 Å². The number of thioether (sulfide) groups is 1. The number of hydrogen-bond acceptors (Lipinski definition) is 4. The molecule has 1 rings (SSSR count). The summed E-state index contributed by atoms with van der Waals surface area (Å²) in [5, 5.41) is 20.5. The third-order valence-corrected chi connectivity index (χ3v) is 2.43. The van der Waals surface area contributed by atoms with Crippen LogP contribution >= 0.6 is 11.8 Å². The molecule has 0 saturated heterocycles. The van der Waals surface area contributed by atoms with Crippen LogP contribution < -0.4 is 0 Å². The summed E-state index contributed by atoms with van der Waals surface area (Å²) in [5.74, 6) is -1.05. The molecule has 1 aromatic carbocycles. The highest BCUT2D eigenvalue weighted by Gasteiger charge is 2.06. The highest BCUT2D eigenvalue weighted by molar-refractivity contribution is 8.14. The van der Waals surface area contributed by atoms with Crippen LogP contribution in [0.15, 0.2) is 35.5 Å². The molecule has 0 radical (unpaired) electrons. The molecule has 0 bridgehead atoms. The lowest BCUT2D eigenvalue weighted by atomic mass is 10.2. The van der Waals surface area contributed by atoms with Crippen molar-refractivity contribution in [2.24, 2.45) is 5.16 Å². The molecule has 0 aliphatic rings. The second-order valence-electron chi connectivity index (χ2n) is 2.45. The van der Waals surface area contributed by atoms with Gasteiger partial charge < -0.3 is 10.3 Å². The van der Waals surface area contributed by atoms with E-state index in [-0.39, 0.29) is 5.75 Å². The van der Waals surface area contributed by atoms with Gasteiger partial charge in [0.15, 0.2) is 0 Å². The van der Waals surface area contributed by atoms with Crippen LogP contribution in [-0.4, -0.2) is 27.1 Å². The Kier molecular flexibility index (Phi) is 4.00. The minimum absolute atomic E-state index is 0.117. The first-order valence-corrected chi connectivity index (χ1v) is 4.84. The van der Waals surface area contributed by atoms with Crippen molar-refractivity contribution in [2.45, 2.75) is 0 Å². The molecular formula is C9H9NO3S. The van der Waals surface area contributed by atoms with Crippen LogP contribution in [0.1, 0.15) is 5.56 Å². The number of rotatable bonds is 3. The lowest BCUT2D eigenvalue weighted by Crippen LogP contribution is -2.03. The second kappa shape index (κ2) is 5.29. The molecule has 0 spiro atoms. The highest BCUT2D eigenvalue weighted by Crippen LogP contribution is 2.12. The Bertz CT molecular complexity index is 337. The standard InChI is InChI=1S/C9H9NO3S/c11-8(12)6-14-9(10-13)7-4-2-1-3-5-7/h1-5,13H,6H2,(H,11,12). The molecule has 74 valence electrons. The number of carboxylic acid groups (broad SMARTS) is 1. The molecule has 0 atom stereocenters. The molecule has 1 aromatic rings. The monoisotopic (exact) mass is 211 g/mol. The predicted molar refractivity (Wildman–Crippen MR) is 54.9 cm³/mol. The third-order valence-electron chi connectivity index (χ3n) is 1.44. The number of nitrogens with zero attached hydrogens (tertiary/aromatic N) is 1. The Morgan fingerprint density at radius 3 is 2.50 bits per heavy atom. The maximum Gasteiger partial charge on any atom is 0.313 e.